The zero-order valence-electron chi connectivity index (χ0n) is 11.5. The highest BCUT2D eigenvalue weighted by Crippen LogP contribution is 2.29. The molecule has 1 heterocycles. The lowest BCUT2D eigenvalue weighted by molar-refractivity contribution is 0.0569. The van der Waals surface area contributed by atoms with Crippen molar-refractivity contribution >= 4 is 0 Å². The van der Waals surface area contributed by atoms with E-state index in [0.29, 0.717) is 0 Å². The monoisotopic (exact) mass is 247 g/mol. The standard InChI is InChI=1S/C16H25NO/c1-3-13-10-11-17(12-13)15(4-2)16(18)14-8-6-5-7-9-14/h5-9,13,15-16,18H,3-4,10-12H2,1-2H3. The van der Waals surface area contributed by atoms with Crippen molar-refractivity contribution in [3.05, 3.63) is 35.9 Å². The van der Waals surface area contributed by atoms with Crippen LogP contribution in [0.2, 0.25) is 0 Å². The lowest BCUT2D eigenvalue weighted by Crippen LogP contribution is -2.37. The molecule has 3 unspecified atom stereocenters. The second kappa shape index (κ2) is 6.35. The van der Waals surface area contributed by atoms with E-state index in [9.17, 15) is 5.11 Å². The smallest absolute Gasteiger partial charge is 0.0945 e. The van der Waals surface area contributed by atoms with Crippen LogP contribution in [-0.4, -0.2) is 29.1 Å². The van der Waals surface area contributed by atoms with Gasteiger partial charge in [-0.2, -0.15) is 0 Å². The van der Waals surface area contributed by atoms with E-state index in [-0.39, 0.29) is 12.1 Å². The number of benzene rings is 1. The molecule has 1 aliphatic rings. The predicted molar refractivity (Wildman–Crippen MR) is 75.5 cm³/mol. The van der Waals surface area contributed by atoms with Gasteiger partial charge in [-0.1, -0.05) is 50.6 Å². The molecule has 3 atom stereocenters. The fraction of sp³-hybridized carbons (Fsp3) is 0.625. The van der Waals surface area contributed by atoms with Gasteiger partial charge in [-0.25, -0.2) is 0 Å². The van der Waals surface area contributed by atoms with Gasteiger partial charge in [0, 0.05) is 12.6 Å². The van der Waals surface area contributed by atoms with Gasteiger partial charge < -0.3 is 5.11 Å². The Bertz CT molecular complexity index is 351. The molecule has 1 fully saturated rings. The lowest BCUT2D eigenvalue weighted by atomic mass is 9.99. The van der Waals surface area contributed by atoms with Crippen LogP contribution < -0.4 is 0 Å². The maximum Gasteiger partial charge on any atom is 0.0945 e. The Morgan fingerprint density at radius 3 is 2.56 bits per heavy atom. The maximum atomic E-state index is 10.6. The summed E-state index contributed by atoms with van der Waals surface area (Å²) in [6, 6.07) is 10.3. The van der Waals surface area contributed by atoms with Crippen molar-refractivity contribution in [1.82, 2.24) is 4.90 Å². The summed E-state index contributed by atoms with van der Waals surface area (Å²) >= 11 is 0. The summed E-state index contributed by atoms with van der Waals surface area (Å²) in [7, 11) is 0. The highest BCUT2D eigenvalue weighted by atomic mass is 16.3. The SMILES string of the molecule is CCC1CCN(C(CC)C(O)c2ccccc2)C1. The Labute approximate surface area is 111 Å². The van der Waals surface area contributed by atoms with Gasteiger partial charge in [-0.15, -0.1) is 0 Å². The van der Waals surface area contributed by atoms with E-state index in [2.05, 4.69) is 18.7 Å². The van der Waals surface area contributed by atoms with Crippen LogP contribution in [0, 0.1) is 5.92 Å². The van der Waals surface area contributed by atoms with Crippen molar-refractivity contribution in [3.63, 3.8) is 0 Å². The van der Waals surface area contributed by atoms with Crippen LogP contribution in [0.25, 0.3) is 0 Å². The van der Waals surface area contributed by atoms with E-state index in [1.807, 2.05) is 30.3 Å². The molecule has 0 spiro atoms. The first kappa shape index (κ1) is 13.6. The molecule has 0 aliphatic carbocycles. The Morgan fingerprint density at radius 1 is 1.28 bits per heavy atom. The van der Waals surface area contributed by atoms with Crippen molar-refractivity contribution in [2.45, 2.75) is 45.3 Å². The minimum Gasteiger partial charge on any atom is -0.387 e. The van der Waals surface area contributed by atoms with Crippen LogP contribution in [0.4, 0.5) is 0 Å². The molecule has 0 bridgehead atoms. The van der Waals surface area contributed by atoms with E-state index in [1.54, 1.807) is 0 Å². The number of likely N-dealkylation sites (tertiary alicyclic amines) is 1. The first-order valence-corrected chi connectivity index (χ1v) is 7.23. The van der Waals surface area contributed by atoms with E-state index in [0.717, 1.165) is 31.0 Å². The second-order valence-corrected chi connectivity index (χ2v) is 5.39. The summed E-state index contributed by atoms with van der Waals surface area (Å²) in [5.74, 6) is 0.821. The van der Waals surface area contributed by atoms with E-state index >= 15 is 0 Å². The average Bonchev–Trinajstić information content (AvgIpc) is 2.89. The van der Waals surface area contributed by atoms with Gasteiger partial charge in [0.2, 0.25) is 0 Å². The molecule has 0 amide bonds. The molecule has 1 aliphatic heterocycles. The summed E-state index contributed by atoms with van der Waals surface area (Å²) in [5.41, 5.74) is 1.05. The van der Waals surface area contributed by atoms with Crippen molar-refractivity contribution in [2.24, 2.45) is 5.92 Å². The van der Waals surface area contributed by atoms with Gasteiger partial charge in [0.05, 0.1) is 6.10 Å². The molecule has 0 saturated carbocycles. The first-order valence-electron chi connectivity index (χ1n) is 7.23. The van der Waals surface area contributed by atoms with Crippen LogP contribution >= 0.6 is 0 Å². The Kier molecular flexibility index (Phi) is 4.79. The van der Waals surface area contributed by atoms with Crippen molar-refractivity contribution in [1.29, 1.82) is 0 Å². The van der Waals surface area contributed by atoms with Crippen LogP contribution in [-0.2, 0) is 0 Å². The summed E-state index contributed by atoms with van der Waals surface area (Å²) in [6.07, 6.45) is 3.20. The fourth-order valence-corrected chi connectivity index (χ4v) is 3.05. The number of hydrogen-bond acceptors (Lipinski definition) is 2. The summed E-state index contributed by atoms with van der Waals surface area (Å²) in [6.45, 7) is 6.73. The van der Waals surface area contributed by atoms with Gasteiger partial charge in [-0.3, -0.25) is 4.90 Å². The van der Waals surface area contributed by atoms with Crippen molar-refractivity contribution in [3.8, 4) is 0 Å². The Balaban J connectivity index is 2.05. The van der Waals surface area contributed by atoms with Crippen molar-refractivity contribution < 1.29 is 5.11 Å². The molecule has 2 heteroatoms. The average molecular weight is 247 g/mol. The summed E-state index contributed by atoms with van der Waals surface area (Å²) < 4.78 is 0. The van der Waals surface area contributed by atoms with E-state index in [1.165, 1.54) is 12.8 Å². The Morgan fingerprint density at radius 2 is 2.00 bits per heavy atom. The molecule has 1 saturated heterocycles. The largest absolute Gasteiger partial charge is 0.387 e. The number of aliphatic hydroxyl groups is 1. The number of nitrogens with zero attached hydrogens (tertiary/aromatic N) is 1. The third-order valence-corrected chi connectivity index (χ3v) is 4.29. The minimum atomic E-state index is -0.355. The van der Waals surface area contributed by atoms with E-state index < -0.39 is 0 Å². The van der Waals surface area contributed by atoms with Crippen LogP contribution in [0.15, 0.2) is 30.3 Å². The van der Waals surface area contributed by atoms with Gasteiger partial charge in [-0.05, 0) is 30.9 Å². The quantitative estimate of drug-likeness (QED) is 0.863. The molecular formula is C16H25NO. The zero-order valence-corrected chi connectivity index (χ0v) is 11.5. The molecule has 0 aromatic heterocycles. The molecule has 100 valence electrons. The number of rotatable bonds is 5. The first-order chi connectivity index (χ1) is 8.76. The third-order valence-electron chi connectivity index (χ3n) is 4.29. The normalized spacial score (nSPS) is 24.1. The maximum absolute atomic E-state index is 10.6. The highest BCUT2D eigenvalue weighted by molar-refractivity contribution is 5.19. The molecule has 2 nitrogen and oxygen atoms in total. The van der Waals surface area contributed by atoms with Crippen molar-refractivity contribution in [2.75, 3.05) is 13.1 Å². The molecule has 2 rings (SSSR count). The summed E-state index contributed by atoms with van der Waals surface area (Å²) in [4.78, 5) is 2.48. The van der Waals surface area contributed by atoms with Gasteiger partial charge in [0.1, 0.15) is 0 Å². The fourth-order valence-electron chi connectivity index (χ4n) is 3.05. The number of aliphatic hydroxyl groups excluding tert-OH is 1. The molecule has 1 N–H and O–H groups in total. The van der Waals surface area contributed by atoms with Crippen LogP contribution in [0.3, 0.4) is 0 Å². The molecule has 1 aromatic carbocycles. The van der Waals surface area contributed by atoms with Gasteiger partial charge in [0.25, 0.3) is 0 Å². The predicted octanol–water partition coefficient (Wildman–Crippen LogP) is 3.23. The van der Waals surface area contributed by atoms with Crippen LogP contribution in [0.5, 0.6) is 0 Å². The zero-order chi connectivity index (χ0) is 13.0. The second-order valence-electron chi connectivity index (χ2n) is 5.39. The van der Waals surface area contributed by atoms with Gasteiger partial charge in [0.15, 0.2) is 0 Å². The molecular weight excluding hydrogens is 222 g/mol. The molecule has 0 radical (unpaired) electrons. The topological polar surface area (TPSA) is 23.5 Å². The molecule has 1 aromatic rings. The third kappa shape index (κ3) is 2.93. The number of hydrogen-bond donors (Lipinski definition) is 1. The summed E-state index contributed by atoms with van der Waals surface area (Å²) in [5, 5.41) is 10.6. The lowest BCUT2D eigenvalue weighted by Gasteiger charge is -2.31. The molecule has 18 heavy (non-hydrogen) atoms. The minimum absolute atomic E-state index is 0.268. The highest BCUT2D eigenvalue weighted by Gasteiger charge is 2.31. The Hall–Kier alpha value is -0.860. The van der Waals surface area contributed by atoms with Gasteiger partial charge >= 0.3 is 0 Å². The van der Waals surface area contributed by atoms with E-state index in [4.69, 9.17) is 0 Å². The van der Waals surface area contributed by atoms with Crippen LogP contribution in [0.1, 0.15) is 44.8 Å².